The predicted octanol–water partition coefficient (Wildman–Crippen LogP) is 5.07. The zero-order valence-electron chi connectivity index (χ0n) is 15.8. The standard InChI is InChI=1S/C23H24N2O2/c1-15-12-21(23(26)27)20-14-19(8-9-22(20)24-15)18-7-5-6-17(13-18)16(2)25-10-3-4-11-25/h5-9,12-14,16H,3-4,10-11H2,1-2H3,(H,26,27). The number of hydrogen-bond donors (Lipinski definition) is 1. The van der Waals surface area contributed by atoms with Crippen molar-refractivity contribution in [1.29, 1.82) is 0 Å². The summed E-state index contributed by atoms with van der Waals surface area (Å²) in [7, 11) is 0. The van der Waals surface area contributed by atoms with Crippen molar-refractivity contribution in [3.8, 4) is 11.1 Å². The molecular formula is C23H24N2O2. The summed E-state index contributed by atoms with van der Waals surface area (Å²) in [6.07, 6.45) is 2.55. The Morgan fingerprint density at radius 2 is 1.81 bits per heavy atom. The molecule has 0 amide bonds. The van der Waals surface area contributed by atoms with E-state index in [1.165, 1.54) is 18.4 Å². The van der Waals surface area contributed by atoms with Crippen molar-refractivity contribution in [2.45, 2.75) is 32.7 Å². The fraction of sp³-hybridized carbons (Fsp3) is 0.304. The minimum atomic E-state index is -0.918. The summed E-state index contributed by atoms with van der Waals surface area (Å²) in [4.78, 5) is 18.7. The molecule has 1 aliphatic heterocycles. The van der Waals surface area contributed by atoms with E-state index in [1.807, 2.05) is 25.1 Å². The summed E-state index contributed by atoms with van der Waals surface area (Å²) in [6.45, 7) is 6.41. The van der Waals surface area contributed by atoms with E-state index in [9.17, 15) is 9.90 Å². The quantitative estimate of drug-likeness (QED) is 0.706. The molecule has 3 aromatic rings. The number of carbonyl (C=O) groups is 1. The van der Waals surface area contributed by atoms with Gasteiger partial charge in [-0.25, -0.2) is 4.79 Å². The second-order valence-electron chi connectivity index (χ2n) is 7.39. The van der Waals surface area contributed by atoms with Gasteiger partial charge in [-0.15, -0.1) is 0 Å². The van der Waals surface area contributed by atoms with E-state index in [2.05, 4.69) is 41.1 Å². The van der Waals surface area contributed by atoms with E-state index in [0.717, 1.165) is 29.7 Å². The molecule has 1 saturated heterocycles. The van der Waals surface area contributed by atoms with Crippen molar-refractivity contribution in [3.63, 3.8) is 0 Å². The number of aromatic nitrogens is 1. The molecule has 0 saturated carbocycles. The van der Waals surface area contributed by atoms with Crippen molar-refractivity contribution in [1.82, 2.24) is 9.88 Å². The summed E-state index contributed by atoms with van der Waals surface area (Å²) in [5.74, 6) is -0.918. The lowest BCUT2D eigenvalue weighted by atomic mass is 9.97. The number of likely N-dealkylation sites (tertiary alicyclic amines) is 1. The second-order valence-corrected chi connectivity index (χ2v) is 7.39. The highest BCUT2D eigenvalue weighted by Crippen LogP contribution is 2.30. The normalized spacial score (nSPS) is 15.9. The number of hydrogen-bond acceptors (Lipinski definition) is 3. The molecule has 1 unspecified atom stereocenters. The number of nitrogens with zero attached hydrogens (tertiary/aromatic N) is 2. The zero-order valence-corrected chi connectivity index (χ0v) is 15.8. The number of pyridine rings is 1. The Hall–Kier alpha value is -2.72. The first-order valence-corrected chi connectivity index (χ1v) is 9.52. The molecule has 2 aromatic carbocycles. The Kier molecular flexibility index (Phi) is 4.66. The largest absolute Gasteiger partial charge is 0.478 e. The van der Waals surface area contributed by atoms with Gasteiger partial charge in [0.2, 0.25) is 0 Å². The Balaban J connectivity index is 1.76. The third kappa shape index (κ3) is 3.45. The van der Waals surface area contributed by atoms with Gasteiger partial charge in [0.1, 0.15) is 0 Å². The maximum absolute atomic E-state index is 11.7. The minimum absolute atomic E-state index is 0.306. The number of carboxylic acids is 1. The highest BCUT2D eigenvalue weighted by molar-refractivity contribution is 6.03. The molecule has 1 aromatic heterocycles. The molecule has 4 rings (SSSR count). The Morgan fingerprint density at radius 1 is 1.07 bits per heavy atom. The Bertz CT molecular complexity index is 1010. The van der Waals surface area contributed by atoms with E-state index in [0.29, 0.717) is 22.7 Å². The van der Waals surface area contributed by atoms with Crippen molar-refractivity contribution < 1.29 is 9.90 Å². The minimum Gasteiger partial charge on any atom is -0.478 e. The van der Waals surface area contributed by atoms with Gasteiger partial charge in [-0.2, -0.15) is 0 Å². The molecule has 4 heteroatoms. The molecule has 27 heavy (non-hydrogen) atoms. The molecule has 0 aliphatic carbocycles. The molecule has 2 heterocycles. The number of benzene rings is 2. The van der Waals surface area contributed by atoms with Gasteiger partial charge in [-0.05, 0) is 80.7 Å². The topological polar surface area (TPSA) is 53.4 Å². The van der Waals surface area contributed by atoms with Gasteiger partial charge >= 0.3 is 5.97 Å². The van der Waals surface area contributed by atoms with Crippen LogP contribution in [-0.2, 0) is 0 Å². The van der Waals surface area contributed by atoms with E-state index >= 15 is 0 Å². The molecule has 4 nitrogen and oxygen atoms in total. The van der Waals surface area contributed by atoms with Crippen molar-refractivity contribution >= 4 is 16.9 Å². The fourth-order valence-corrected chi connectivity index (χ4v) is 4.03. The SMILES string of the molecule is Cc1cc(C(=O)O)c2cc(-c3cccc(C(C)N4CCCC4)c3)ccc2n1. The maximum atomic E-state index is 11.7. The number of aromatic carboxylic acids is 1. The van der Waals surface area contributed by atoms with Crippen LogP contribution in [-0.4, -0.2) is 34.0 Å². The van der Waals surface area contributed by atoms with Crippen LogP contribution in [0.2, 0.25) is 0 Å². The number of carboxylic acid groups (broad SMARTS) is 1. The van der Waals surface area contributed by atoms with Gasteiger partial charge in [0.25, 0.3) is 0 Å². The molecule has 0 bridgehead atoms. The monoisotopic (exact) mass is 360 g/mol. The molecule has 1 aliphatic rings. The Morgan fingerprint density at radius 3 is 2.56 bits per heavy atom. The average molecular weight is 360 g/mol. The van der Waals surface area contributed by atoms with Gasteiger partial charge < -0.3 is 5.11 Å². The van der Waals surface area contributed by atoms with Crippen LogP contribution in [0, 0.1) is 6.92 Å². The van der Waals surface area contributed by atoms with Crippen LogP contribution >= 0.6 is 0 Å². The van der Waals surface area contributed by atoms with Crippen LogP contribution in [0.3, 0.4) is 0 Å². The van der Waals surface area contributed by atoms with Crippen molar-refractivity contribution in [2.75, 3.05) is 13.1 Å². The molecule has 1 atom stereocenters. The van der Waals surface area contributed by atoms with Gasteiger partial charge in [0.05, 0.1) is 11.1 Å². The smallest absolute Gasteiger partial charge is 0.336 e. The first kappa shape index (κ1) is 17.7. The average Bonchev–Trinajstić information content (AvgIpc) is 3.21. The van der Waals surface area contributed by atoms with E-state index in [1.54, 1.807) is 6.07 Å². The lowest BCUT2D eigenvalue weighted by Gasteiger charge is -2.24. The van der Waals surface area contributed by atoms with Crippen LogP contribution in [0.25, 0.3) is 22.0 Å². The summed E-state index contributed by atoms with van der Waals surface area (Å²) in [6, 6.07) is 16.5. The van der Waals surface area contributed by atoms with Crippen molar-refractivity contribution in [3.05, 3.63) is 65.4 Å². The lowest BCUT2D eigenvalue weighted by molar-refractivity contribution is 0.0699. The Labute approximate surface area is 159 Å². The molecule has 0 radical (unpaired) electrons. The van der Waals surface area contributed by atoms with Crippen LogP contribution in [0.4, 0.5) is 0 Å². The number of aryl methyl sites for hydroxylation is 1. The second kappa shape index (κ2) is 7.12. The zero-order chi connectivity index (χ0) is 19.0. The van der Waals surface area contributed by atoms with Crippen LogP contribution < -0.4 is 0 Å². The predicted molar refractivity (Wildman–Crippen MR) is 108 cm³/mol. The number of fused-ring (bicyclic) bond motifs is 1. The van der Waals surface area contributed by atoms with E-state index in [-0.39, 0.29) is 0 Å². The van der Waals surface area contributed by atoms with Crippen LogP contribution in [0.5, 0.6) is 0 Å². The molecule has 1 N–H and O–H groups in total. The summed E-state index contributed by atoms with van der Waals surface area (Å²) in [5.41, 5.74) is 5.17. The van der Waals surface area contributed by atoms with Crippen molar-refractivity contribution in [2.24, 2.45) is 0 Å². The fourth-order valence-electron chi connectivity index (χ4n) is 4.03. The lowest BCUT2D eigenvalue weighted by Crippen LogP contribution is -2.23. The van der Waals surface area contributed by atoms with Gasteiger partial charge in [-0.1, -0.05) is 24.3 Å². The summed E-state index contributed by atoms with van der Waals surface area (Å²) < 4.78 is 0. The van der Waals surface area contributed by atoms with Crippen LogP contribution in [0.15, 0.2) is 48.5 Å². The summed E-state index contributed by atoms with van der Waals surface area (Å²) >= 11 is 0. The van der Waals surface area contributed by atoms with Crippen LogP contribution in [0.1, 0.15) is 47.4 Å². The molecule has 138 valence electrons. The highest BCUT2D eigenvalue weighted by Gasteiger charge is 2.19. The highest BCUT2D eigenvalue weighted by atomic mass is 16.4. The molecule has 1 fully saturated rings. The third-order valence-corrected chi connectivity index (χ3v) is 5.56. The molecular weight excluding hydrogens is 336 g/mol. The first-order chi connectivity index (χ1) is 13.0. The third-order valence-electron chi connectivity index (χ3n) is 5.56. The molecule has 0 spiro atoms. The summed E-state index contributed by atoms with van der Waals surface area (Å²) in [5, 5.41) is 10.3. The maximum Gasteiger partial charge on any atom is 0.336 e. The van der Waals surface area contributed by atoms with Gasteiger partial charge in [0.15, 0.2) is 0 Å². The van der Waals surface area contributed by atoms with E-state index in [4.69, 9.17) is 0 Å². The van der Waals surface area contributed by atoms with Gasteiger partial charge in [0, 0.05) is 17.1 Å². The number of rotatable bonds is 4. The van der Waals surface area contributed by atoms with E-state index < -0.39 is 5.97 Å². The first-order valence-electron chi connectivity index (χ1n) is 9.52. The van der Waals surface area contributed by atoms with Gasteiger partial charge in [-0.3, -0.25) is 9.88 Å².